The quantitative estimate of drug-likeness (QED) is 0.209. The number of nitrogens with two attached hydrogens (primary N) is 1. The Morgan fingerprint density at radius 1 is 0.923 bits per heavy atom. The summed E-state index contributed by atoms with van der Waals surface area (Å²) >= 11 is 0. The van der Waals surface area contributed by atoms with Gasteiger partial charge in [-0.05, 0) is 120 Å². The zero-order chi connectivity index (χ0) is 35.2. The lowest BCUT2D eigenvalue weighted by Crippen LogP contribution is -2.51. The van der Waals surface area contributed by atoms with Crippen LogP contribution < -0.4 is 11.1 Å². The number of carbonyl (C=O) groups excluding carboxylic acids is 2. The minimum Gasteiger partial charge on any atom is -0.344 e. The maximum absolute atomic E-state index is 16.3. The number of benzene rings is 1. The van der Waals surface area contributed by atoms with E-state index in [1.165, 1.54) is 18.9 Å². The molecule has 3 saturated carbocycles. The Morgan fingerprint density at radius 2 is 1.75 bits per heavy atom. The topological polar surface area (TPSA) is 124 Å². The number of amides is 2. The molecular weight excluding hydrogens is 656 g/mol. The van der Waals surface area contributed by atoms with Gasteiger partial charge in [0.25, 0.3) is 11.8 Å². The number of nitrogens with one attached hydrogen (secondary N) is 1. The number of fused-ring (bicyclic) bond motifs is 5. The van der Waals surface area contributed by atoms with Crippen molar-refractivity contribution in [3.63, 3.8) is 0 Å². The maximum Gasteiger partial charge on any atom is 0.254 e. The summed E-state index contributed by atoms with van der Waals surface area (Å²) in [6.45, 7) is 3.20. The highest BCUT2D eigenvalue weighted by atomic mass is 19.1. The number of hydrogen-bond acceptors (Lipinski definition) is 6. The lowest BCUT2D eigenvalue weighted by Gasteiger charge is -2.37. The second kappa shape index (κ2) is 12.2. The smallest absolute Gasteiger partial charge is 0.254 e. The van der Waals surface area contributed by atoms with Crippen molar-refractivity contribution in [1.29, 1.82) is 0 Å². The van der Waals surface area contributed by atoms with Crippen LogP contribution in [0.1, 0.15) is 127 Å². The molecule has 6 heterocycles. The van der Waals surface area contributed by atoms with Crippen molar-refractivity contribution in [3.05, 3.63) is 76.5 Å². The van der Waals surface area contributed by atoms with Gasteiger partial charge in [0.05, 0.1) is 34.2 Å². The average molecular weight is 701 g/mol. The summed E-state index contributed by atoms with van der Waals surface area (Å²) in [6.07, 6.45) is 10.7. The third kappa shape index (κ3) is 5.42. The molecule has 1 saturated heterocycles. The van der Waals surface area contributed by atoms with Crippen molar-refractivity contribution in [2.24, 2.45) is 11.7 Å². The van der Waals surface area contributed by atoms with Crippen LogP contribution in [0.2, 0.25) is 0 Å². The number of hydrogen-bond donors (Lipinski definition) is 2. The largest absolute Gasteiger partial charge is 0.344 e. The van der Waals surface area contributed by atoms with E-state index in [4.69, 9.17) is 20.7 Å². The average Bonchev–Trinajstić information content (AvgIpc) is 4.06. The number of nitrogens with zero attached hydrogens (tertiary/aromatic N) is 6. The standard InChI is InChI=1S/C41H45FN8O2/c1-22-32-14-9-25-20-36(48(38(25)46-32)16-4-2-3-5-34-29(40(51)44-22)13-15-33(45-34)23-6-7-23)39-47-35-19-26(18-30(42)37(35)50(39)27-11-12-27)41(52)49-21-31(43)24-8-10-28(49)17-24/h9,13-15,18-20,22-24,27-28,31H,2-8,10-12,16-17,21,43H2,1H3,(H,44,51)/t22-,24-,28-,31+/m1/s1. The minimum atomic E-state index is -0.419. The predicted octanol–water partition coefficient (Wildman–Crippen LogP) is 6.97. The summed E-state index contributed by atoms with van der Waals surface area (Å²) in [5.74, 6) is 0.984. The fraction of sp³-hybridized carbons (Fsp3) is 0.488. The molecule has 3 N–H and O–H groups in total. The lowest BCUT2D eigenvalue weighted by molar-refractivity contribution is 0.0603. The summed E-state index contributed by atoms with van der Waals surface area (Å²) in [7, 11) is 0. The van der Waals surface area contributed by atoms with Gasteiger partial charge in [0.1, 0.15) is 17.0 Å². The molecule has 2 amide bonds. The van der Waals surface area contributed by atoms with Crippen LogP contribution in [0, 0.1) is 11.7 Å². The van der Waals surface area contributed by atoms with Crippen molar-refractivity contribution in [3.8, 4) is 11.5 Å². The highest BCUT2D eigenvalue weighted by Crippen LogP contribution is 2.44. The predicted molar refractivity (Wildman–Crippen MR) is 196 cm³/mol. The molecule has 0 spiro atoms. The molecule has 4 atom stereocenters. The molecule has 4 bridgehead atoms. The molecule has 0 unspecified atom stereocenters. The van der Waals surface area contributed by atoms with Gasteiger partial charge < -0.3 is 25.1 Å². The normalized spacial score (nSPS) is 25.1. The third-order valence-electron chi connectivity index (χ3n) is 12.4. The molecule has 10 nitrogen and oxygen atoms in total. The second-order valence-electron chi connectivity index (χ2n) is 16.1. The number of aryl methyl sites for hydroxylation is 2. The molecule has 11 heteroatoms. The van der Waals surface area contributed by atoms with Gasteiger partial charge in [-0.3, -0.25) is 14.6 Å². The van der Waals surface area contributed by atoms with Gasteiger partial charge in [0.2, 0.25) is 0 Å². The number of halogens is 1. The number of piperidine rings is 1. The van der Waals surface area contributed by atoms with Gasteiger partial charge in [0.15, 0.2) is 5.82 Å². The Bertz CT molecular complexity index is 2270. The fourth-order valence-electron chi connectivity index (χ4n) is 9.18. The Kier molecular flexibility index (Phi) is 7.53. The van der Waals surface area contributed by atoms with E-state index in [1.54, 1.807) is 6.07 Å². The number of aromatic nitrogens is 5. The van der Waals surface area contributed by atoms with Crippen molar-refractivity contribution in [2.45, 2.75) is 114 Å². The van der Waals surface area contributed by atoms with E-state index in [1.807, 2.05) is 30.0 Å². The first-order valence-electron chi connectivity index (χ1n) is 19.4. The first-order valence-corrected chi connectivity index (χ1v) is 19.4. The van der Waals surface area contributed by atoms with E-state index in [2.05, 4.69) is 26.6 Å². The van der Waals surface area contributed by atoms with E-state index < -0.39 is 5.82 Å². The zero-order valence-electron chi connectivity index (χ0n) is 29.7. The van der Waals surface area contributed by atoms with E-state index in [9.17, 15) is 9.59 Å². The number of rotatable bonds is 4. The molecule has 3 aliphatic carbocycles. The van der Waals surface area contributed by atoms with E-state index >= 15 is 4.39 Å². The van der Waals surface area contributed by atoms with Crippen LogP contribution in [0.25, 0.3) is 33.6 Å². The summed E-state index contributed by atoms with van der Waals surface area (Å²) in [4.78, 5) is 44.6. The molecular formula is C41H45FN8O2. The van der Waals surface area contributed by atoms with Crippen molar-refractivity contribution >= 4 is 33.9 Å². The highest BCUT2D eigenvalue weighted by Gasteiger charge is 2.41. The third-order valence-corrected chi connectivity index (χ3v) is 12.4. The fourth-order valence-corrected chi connectivity index (χ4v) is 9.18. The highest BCUT2D eigenvalue weighted by molar-refractivity contribution is 5.99. The Balaban J connectivity index is 1.03. The number of carbonyl (C=O) groups is 2. The Labute approximate surface area is 302 Å². The van der Waals surface area contributed by atoms with Gasteiger partial charge >= 0.3 is 0 Å². The first kappa shape index (κ1) is 32.0. The molecule has 5 aromatic rings. The van der Waals surface area contributed by atoms with Crippen LogP contribution >= 0.6 is 0 Å². The Morgan fingerprint density at radius 3 is 2.58 bits per heavy atom. The summed E-state index contributed by atoms with van der Waals surface area (Å²) in [5, 5.41) is 4.16. The molecule has 5 aliphatic rings. The van der Waals surface area contributed by atoms with Gasteiger partial charge in [-0.25, -0.2) is 14.4 Å². The molecule has 4 fully saturated rings. The van der Waals surface area contributed by atoms with Crippen molar-refractivity contribution in [1.82, 2.24) is 34.3 Å². The summed E-state index contributed by atoms with van der Waals surface area (Å²) in [5.41, 5.74) is 12.8. The van der Waals surface area contributed by atoms with Crippen molar-refractivity contribution in [2.75, 3.05) is 6.54 Å². The second-order valence-corrected chi connectivity index (χ2v) is 16.1. The molecule has 268 valence electrons. The molecule has 4 aromatic heterocycles. The SMILES string of the molecule is C[C@H]1NC(=O)c2ccc(C3CC3)nc2CCCCCn2c(-c3nc4cc(C(=O)N5C[C@H](N)[C@@H]6CC[C@@H]5C6)cc(F)c4n3C3CC3)cc3ccc1nc32. The van der Waals surface area contributed by atoms with Crippen molar-refractivity contribution < 1.29 is 14.0 Å². The van der Waals surface area contributed by atoms with E-state index in [0.717, 1.165) is 98.1 Å². The zero-order valence-corrected chi connectivity index (χ0v) is 29.7. The summed E-state index contributed by atoms with van der Waals surface area (Å²) < 4.78 is 20.6. The molecule has 2 aliphatic heterocycles. The van der Waals surface area contributed by atoms with Crippen LogP contribution in [-0.4, -0.2) is 59.4 Å². The summed E-state index contributed by atoms with van der Waals surface area (Å²) in [6, 6.07) is 13.3. The van der Waals surface area contributed by atoms with Gasteiger partial charge in [-0.15, -0.1) is 0 Å². The lowest BCUT2D eigenvalue weighted by atomic mass is 9.94. The minimum absolute atomic E-state index is 0.0391. The number of imidazole rings is 1. The van der Waals surface area contributed by atoms with Crippen LogP contribution in [0.4, 0.5) is 4.39 Å². The molecule has 10 rings (SSSR count). The number of pyridine rings is 2. The molecule has 1 aromatic carbocycles. The van der Waals surface area contributed by atoms with E-state index in [0.29, 0.717) is 46.4 Å². The van der Waals surface area contributed by atoms with Crippen LogP contribution in [-0.2, 0) is 13.0 Å². The van der Waals surface area contributed by atoms with Gasteiger partial charge in [-0.1, -0.05) is 6.42 Å². The van der Waals surface area contributed by atoms with E-state index in [-0.39, 0.29) is 36.0 Å². The monoisotopic (exact) mass is 700 g/mol. The van der Waals surface area contributed by atoms with Crippen LogP contribution in [0.15, 0.2) is 42.5 Å². The van der Waals surface area contributed by atoms with Gasteiger partial charge in [0, 0.05) is 53.8 Å². The van der Waals surface area contributed by atoms with Gasteiger partial charge in [-0.2, -0.15) is 0 Å². The first-order chi connectivity index (χ1) is 25.3. The number of likely N-dealkylation sites (tertiary alicyclic amines) is 1. The molecule has 52 heavy (non-hydrogen) atoms. The Hall–Kier alpha value is -4.64. The molecule has 0 radical (unpaired) electrons. The van der Waals surface area contributed by atoms with Crippen LogP contribution in [0.3, 0.4) is 0 Å². The maximum atomic E-state index is 16.3. The van der Waals surface area contributed by atoms with Crippen LogP contribution in [0.5, 0.6) is 0 Å².